The summed E-state index contributed by atoms with van der Waals surface area (Å²) in [5.74, 6) is 1.50. The van der Waals surface area contributed by atoms with Crippen molar-refractivity contribution in [3.8, 4) is 5.75 Å². The average molecular weight is 243 g/mol. The number of ether oxygens (including phenoxy) is 1. The third-order valence-electron chi connectivity index (χ3n) is 3.87. The van der Waals surface area contributed by atoms with Crippen molar-refractivity contribution in [1.29, 1.82) is 0 Å². The fourth-order valence-electron chi connectivity index (χ4n) is 2.82. The molecule has 1 saturated carbocycles. The summed E-state index contributed by atoms with van der Waals surface area (Å²) in [5.41, 5.74) is 2.33. The molecule has 2 aromatic rings. The molecule has 1 atom stereocenters. The minimum Gasteiger partial charge on any atom is -0.497 e. The van der Waals surface area contributed by atoms with Crippen molar-refractivity contribution in [2.45, 2.75) is 25.7 Å². The van der Waals surface area contributed by atoms with E-state index in [9.17, 15) is 4.79 Å². The lowest BCUT2D eigenvalue weighted by atomic mass is 9.97. The zero-order chi connectivity index (χ0) is 12.5. The molecule has 1 fully saturated rings. The Labute approximate surface area is 106 Å². The van der Waals surface area contributed by atoms with E-state index < -0.39 is 0 Å². The van der Waals surface area contributed by atoms with Gasteiger partial charge in [-0.2, -0.15) is 0 Å². The largest absolute Gasteiger partial charge is 0.497 e. The Kier molecular flexibility index (Phi) is 2.82. The van der Waals surface area contributed by atoms with E-state index in [-0.39, 0.29) is 5.92 Å². The molecule has 1 aliphatic carbocycles. The van der Waals surface area contributed by atoms with Crippen LogP contribution in [-0.2, 0) is 11.2 Å². The molecule has 3 nitrogen and oxygen atoms in total. The van der Waals surface area contributed by atoms with E-state index in [1.807, 2.05) is 24.4 Å². The van der Waals surface area contributed by atoms with E-state index in [2.05, 4.69) is 4.98 Å². The fourth-order valence-corrected chi connectivity index (χ4v) is 2.82. The van der Waals surface area contributed by atoms with Gasteiger partial charge >= 0.3 is 0 Å². The first kappa shape index (κ1) is 11.3. The van der Waals surface area contributed by atoms with Crippen LogP contribution in [-0.4, -0.2) is 17.9 Å². The van der Waals surface area contributed by atoms with Gasteiger partial charge in [0.2, 0.25) is 0 Å². The molecule has 1 heterocycles. The Bertz CT molecular complexity index is 585. The summed E-state index contributed by atoms with van der Waals surface area (Å²) >= 11 is 0. The van der Waals surface area contributed by atoms with E-state index in [0.717, 1.165) is 36.9 Å². The summed E-state index contributed by atoms with van der Waals surface area (Å²) < 4.78 is 5.26. The number of methoxy groups -OCH3 is 1. The Morgan fingerprint density at radius 2 is 2.33 bits per heavy atom. The van der Waals surface area contributed by atoms with Crippen LogP contribution in [0.25, 0.3) is 10.9 Å². The fraction of sp³-hybridized carbons (Fsp3) is 0.400. The van der Waals surface area contributed by atoms with Gasteiger partial charge in [-0.15, -0.1) is 0 Å². The van der Waals surface area contributed by atoms with Crippen LogP contribution in [0.2, 0.25) is 0 Å². The number of aromatic nitrogens is 1. The van der Waals surface area contributed by atoms with Gasteiger partial charge in [-0.1, -0.05) is 0 Å². The predicted octanol–water partition coefficient (Wildman–Crippen LogP) is 3.09. The first-order valence-corrected chi connectivity index (χ1v) is 6.44. The van der Waals surface area contributed by atoms with Crippen LogP contribution in [0.3, 0.4) is 0 Å². The number of hydrogen-bond donors (Lipinski definition) is 1. The molecule has 0 radical (unpaired) electrons. The lowest BCUT2D eigenvalue weighted by Gasteiger charge is -2.07. The van der Waals surface area contributed by atoms with Crippen molar-refractivity contribution in [1.82, 2.24) is 4.98 Å². The Morgan fingerprint density at radius 3 is 3.06 bits per heavy atom. The molecule has 0 bridgehead atoms. The minimum atomic E-state index is 0.218. The highest BCUT2D eigenvalue weighted by Gasteiger charge is 2.25. The number of rotatable bonds is 3. The molecule has 1 aromatic heterocycles. The highest BCUT2D eigenvalue weighted by Crippen LogP contribution is 2.29. The summed E-state index contributed by atoms with van der Waals surface area (Å²) in [6, 6.07) is 6.01. The zero-order valence-corrected chi connectivity index (χ0v) is 10.5. The summed E-state index contributed by atoms with van der Waals surface area (Å²) in [6.07, 6.45) is 5.72. The molecule has 0 amide bonds. The normalized spacial score (nSPS) is 19.6. The average Bonchev–Trinajstić information content (AvgIpc) is 2.97. The first-order valence-electron chi connectivity index (χ1n) is 6.44. The number of H-pyrrole nitrogens is 1. The van der Waals surface area contributed by atoms with E-state index in [4.69, 9.17) is 4.74 Å². The number of ketones is 1. The Balaban J connectivity index is 1.93. The molecule has 1 aromatic carbocycles. The van der Waals surface area contributed by atoms with Crippen LogP contribution < -0.4 is 4.74 Å². The third kappa shape index (κ3) is 1.90. The van der Waals surface area contributed by atoms with Gasteiger partial charge < -0.3 is 9.72 Å². The van der Waals surface area contributed by atoms with E-state index in [1.165, 1.54) is 10.9 Å². The summed E-state index contributed by atoms with van der Waals surface area (Å²) in [6.45, 7) is 0. The number of Topliss-reactive ketones (excluding diaryl/α,β-unsaturated/α-hetero) is 1. The van der Waals surface area contributed by atoms with Crippen molar-refractivity contribution in [3.63, 3.8) is 0 Å². The van der Waals surface area contributed by atoms with Gasteiger partial charge in [-0.25, -0.2) is 0 Å². The Hall–Kier alpha value is -1.77. The molecule has 94 valence electrons. The number of carbonyl (C=O) groups excluding carboxylic acids is 1. The SMILES string of the molecule is COc1ccc2[nH]cc(CC3CCCC3=O)c2c1. The second-order valence-electron chi connectivity index (χ2n) is 4.99. The molecular formula is C15H17NO2. The Morgan fingerprint density at radius 1 is 1.44 bits per heavy atom. The highest BCUT2D eigenvalue weighted by molar-refractivity contribution is 5.87. The topological polar surface area (TPSA) is 42.1 Å². The predicted molar refractivity (Wildman–Crippen MR) is 70.9 cm³/mol. The van der Waals surface area contributed by atoms with E-state index in [1.54, 1.807) is 7.11 Å². The molecule has 1 unspecified atom stereocenters. The number of aromatic amines is 1. The van der Waals surface area contributed by atoms with Gasteiger partial charge in [0.1, 0.15) is 11.5 Å². The number of benzene rings is 1. The van der Waals surface area contributed by atoms with Gasteiger partial charge in [0.05, 0.1) is 7.11 Å². The summed E-state index contributed by atoms with van der Waals surface area (Å²) in [5, 5.41) is 1.18. The van der Waals surface area contributed by atoms with Gasteiger partial charge in [0.25, 0.3) is 0 Å². The molecule has 0 spiro atoms. The molecule has 3 rings (SSSR count). The lowest BCUT2D eigenvalue weighted by Crippen LogP contribution is -2.09. The zero-order valence-electron chi connectivity index (χ0n) is 10.5. The molecule has 0 aliphatic heterocycles. The van der Waals surface area contributed by atoms with E-state index >= 15 is 0 Å². The van der Waals surface area contributed by atoms with Crippen LogP contribution in [0, 0.1) is 5.92 Å². The molecule has 18 heavy (non-hydrogen) atoms. The number of fused-ring (bicyclic) bond motifs is 1. The standard InChI is InChI=1S/C15H17NO2/c1-18-12-5-6-14-13(8-12)11(9-16-14)7-10-3-2-4-15(10)17/h5-6,8-10,16H,2-4,7H2,1H3. The van der Waals surface area contributed by atoms with Crippen LogP contribution in [0.4, 0.5) is 0 Å². The van der Waals surface area contributed by atoms with Crippen LogP contribution in [0.5, 0.6) is 5.75 Å². The maximum Gasteiger partial charge on any atom is 0.136 e. The molecular weight excluding hydrogens is 226 g/mol. The number of carbonyl (C=O) groups is 1. The van der Waals surface area contributed by atoms with E-state index in [0.29, 0.717) is 5.78 Å². The monoisotopic (exact) mass is 243 g/mol. The van der Waals surface area contributed by atoms with Crippen molar-refractivity contribution >= 4 is 16.7 Å². The highest BCUT2D eigenvalue weighted by atomic mass is 16.5. The number of hydrogen-bond acceptors (Lipinski definition) is 2. The lowest BCUT2D eigenvalue weighted by molar-refractivity contribution is -0.120. The minimum absolute atomic E-state index is 0.218. The van der Waals surface area contributed by atoms with Crippen molar-refractivity contribution in [3.05, 3.63) is 30.0 Å². The smallest absolute Gasteiger partial charge is 0.136 e. The first-order chi connectivity index (χ1) is 8.78. The molecule has 0 saturated heterocycles. The second kappa shape index (κ2) is 4.48. The quantitative estimate of drug-likeness (QED) is 0.900. The van der Waals surface area contributed by atoms with Crippen molar-refractivity contribution < 1.29 is 9.53 Å². The second-order valence-corrected chi connectivity index (χ2v) is 4.99. The van der Waals surface area contributed by atoms with Gasteiger partial charge in [-0.3, -0.25) is 4.79 Å². The van der Waals surface area contributed by atoms with Gasteiger partial charge in [-0.05, 0) is 43.0 Å². The van der Waals surface area contributed by atoms with Crippen LogP contribution >= 0.6 is 0 Å². The molecule has 3 heteroatoms. The van der Waals surface area contributed by atoms with Gasteiger partial charge in [0, 0.05) is 29.4 Å². The maximum absolute atomic E-state index is 11.7. The molecule has 1 aliphatic rings. The maximum atomic E-state index is 11.7. The van der Waals surface area contributed by atoms with Crippen molar-refractivity contribution in [2.75, 3.05) is 7.11 Å². The van der Waals surface area contributed by atoms with Gasteiger partial charge in [0.15, 0.2) is 0 Å². The van der Waals surface area contributed by atoms with Crippen molar-refractivity contribution in [2.24, 2.45) is 5.92 Å². The van der Waals surface area contributed by atoms with Crippen LogP contribution in [0.15, 0.2) is 24.4 Å². The summed E-state index contributed by atoms with van der Waals surface area (Å²) in [4.78, 5) is 15.0. The summed E-state index contributed by atoms with van der Waals surface area (Å²) in [7, 11) is 1.67. The number of nitrogens with one attached hydrogen (secondary N) is 1. The third-order valence-corrected chi connectivity index (χ3v) is 3.87. The molecule has 1 N–H and O–H groups in total. The van der Waals surface area contributed by atoms with Crippen LogP contribution in [0.1, 0.15) is 24.8 Å².